The molecule has 0 aliphatic carbocycles. The molecule has 1 unspecified atom stereocenters. The second-order valence-corrected chi connectivity index (χ2v) is 7.35. The van der Waals surface area contributed by atoms with E-state index in [9.17, 15) is 4.79 Å². The van der Waals surface area contributed by atoms with Crippen molar-refractivity contribution in [2.24, 2.45) is 0 Å². The van der Waals surface area contributed by atoms with Crippen LogP contribution in [0.25, 0.3) is 0 Å². The zero-order valence-corrected chi connectivity index (χ0v) is 16.4. The number of nitrogens with zero attached hydrogens (tertiary/aromatic N) is 1. The van der Waals surface area contributed by atoms with E-state index in [0.717, 1.165) is 29.8 Å². The summed E-state index contributed by atoms with van der Waals surface area (Å²) in [6.45, 7) is 1.54. The molecule has 0 radical (unpaired) electrons. The molecule has 4 heteroatoms. The standard InChI is InChI=1S/C25H26N2O2/c28-24(27-17-16-23(18-27)26-22-14-8-3-9-15-22)19-29-25(20-10-4-1-5-11-20)21-12-6-2-7-13-21/h1-15,23,25-26H,16-19H2. The summed E-state index contributed by atoms with van der Waals surface area (Å²) in [6, 6.07) is 30.5. The molecule has 1 N–H and O–H groups in total. The molecule has 3 aromatic carbocycles. The van der Waals surface area contributed by atoms with Crippen LogP contribution in [-0.2, 0) is 9.53 Å². The van der Waals surface area contributed by atoms with Crippen molar-refractivity contribution in [1.29, 1.82) is 0 Å². The molecule has 0 aromatic heterocycles. The highest BCUT2D eigenvalue weighted by atomic mass is 16.5. The van der Waals surface area contributed by atoms with Crippen molar-refractivity contribution in [3.8, 4) is 0 Å². The van der Waals surface area contributed by atoms with Gasteiger partial charge in [0.2, 0.25) is 5.91 Å². The van der Waals surface area contributed by atoms with E-state index in [-0.39, 0.29) is 24.7 Å². The van der Waals surface area contributed by atoms with Gasteiger partial charge in [0.1, 0.15) is 12.7 Å². The molecule has 3 aromatic rings. The predicted molar refractivity (Wildman–Crippen MR) is 116 cm³/mol. The molecule has 29 heavy (non-hydrogen) atoms. The van der Waals surface area contributed by atoms with Crippen LogP contribution < -0.4 is 5.32 Å². The zero-order valence-electron chi connectivity index (χ0n) is 16.4. The van der Waals surface area contributed by atoms with Gasteiger partial charge in [-0.1, -0.05) is 78.9 Å². The van der Waals surface area contributed by atoms with Crippen molar-refractivity contribution >= 4 is 11.6 Å². The Balaban J connectivity index is 1.36. The summed E-state index contributed by atoms with van der Waals surface area (Å²) in [7, 11) is 0. The Hall–Kier alpha value is -3.11. The van der Waals surface area contributed by atoms with Crippen molar-refractivity contribution < 1.29 is 9.53 Å². The van der Waals surface area contributed by atoms with Gasteiger partial charge in [0.05, 0.1) is 0 Å². The number of carbonyl (C=O) groups is 1. The third-order valence-electron chi connectivity index (χ3n) is 5.26. The number of hydrogen-bond acceptors (Lipinski definition) is 3. The quantitative estimate of drug-likeness (QED) is 0.650. The first kappa shape index (κ1) is 19.2. The summed E-state index contributed by atoms with van der Waals surface area (Å²) in [4.78, 5) is 14.7. The van der Waals surface area contributed by atoms with Gasteiger partial charge in [0, 0.05) is 24.8 Å². The van der Waals surface area contributed by atoms with Crippen LogP contribution in [0.3, 0.4) is 0 Å². The van der Waals surface area contributed by atoms with Crippen LogP contribution in [0.1, 0.15) is 23.7 Å². The zero-order chi connectivity index (χ0) is 19.9. The number of likely N-dealkylation sites (tertiary alicyclic amines) is 1. The van der Waals surface area contributed by atoms with Crippen LogP contribution in [0.5, 0.6) is 0 Å². The van der Waals surface area contributed by atoms with Gasteiger partial charge in [0.15, 0.2) is 0 Å². The lowest BCUT2D eigenvalue weighted by atomic mass is 10.0. The van der Waals surface area contributed by atoms with Gasteiger partial charge >= 0.3 is 0 Å². The number of amides is 1. The maximum absolute atomic E-state index is 12.8. The SMILES string of the molecule is O=C(COC(c1ccccc1)c1ccccc1)N1CCC(Nc2ccccc2)C1. The fraction of sp³-hybridized carbons (Fsp3) is 0.240. The van der Waals surface area contributed by atoms with Gasteiger partial charge in [-0.05, 0) is 29.7 Å². The lowest BCUT2D eigenvalue weighted by molar-refractivity contribution is -0.136. The molecule has 1 atom stereocenters. The van der Waals surface area contributed by atoms with Gasteiger partial charge in [-0.3, -0.25) is 4.79 Å². The van der Waals surface area contributed by atoms with Crippen molar-refractivity contribution in [2.75, 3.05) is 25.0 Å². The number of benzene rings is 3. The average Bonchev–Trinajstić information content (AvgIpc) is 3.25. The molecular formula is C25H26N2O2. The molecule has 1 aliphatic rings. The molecule has 1 amide bonds. The molecular weight excluding hydrogens is 360 g/mol. The van der Waals surface area contributed by atoms with E-state index in [4.69, 9.17) is 4.74 Å². The summed E-state index contributed by atoms with van der Waals surface area (Å²) >= 11 is 0. The van der Waals surface area contributed by atoms with Crippen molar-refractivity contribution in [1.82, 2.24) is 4.90 Å². The highest BCUT2D eigenvalue weighted by Gasteiger charge is 2.27. The van der Waals surface area contributed by atoms with E-state index in [1.165, 1.54) is 0 Å². The first-order valence-electron chi connectivity index (χ1n) is 10.1. The first-order valence-corrected chi connectivity index (χ1v) is 10.1. The Morgan fingerprint density at radius 1 is 0.897 bits per heavy atom. The lowest BCUT2D eigenvalue weighted by Crippen LogP contribution is -2.34. The maximum atomic E-state index is 12.8. The monoisotopic (exact) mass is 386 g/mol. The number of rotatable bonds is 7. The minimum atomic E-state index is -0.248. The number of anilines is 1. The predicted octanol–water partition coefficient (Wildman–Crippen LogP) is 4.51. The average molecular weight is 386 g/mol. The smallest absolute Gasteiger partial charge is 0.248 e. The number of para-hydroxylation sites is 1. The summed E-state index contributed by atoms with van der Waals surface area (Å²) in [6.07, 6.45) is 0.698. The van der Waals surface area contributed by atoms with Crippen LogP contribution in [0, 0.1) is 0 Å². The summed E-state index contributed by atoms with van der Waals surface area (Å²) in [5, 5.41) is 3.51. The van der Waals surface area contributed by atoms with E-state index >= 15 is 0 Å². The number of hydrogen-bond donors (Lipinski definition) is 1. The van der Waals surface area contributed by atoms with Gasteiger partial charge in [0.25, 0.3) is 0 Å². The van der Waals surface area contributed by atoms with E-state index in [2.05, 4.69) is 17.4 Å². The lowest BCUT2D eigenvalue weighted by Gasteiger charge is -2.22. The Kier molecular flexibility index (Phi) is 6.22. The Morgan fingerprint density at radius 2 is 1.45 bits per heavy atom. The maximum Gasteiger partial charge on any atom is 0.248 e. The Morgan fingerprint density at radius 3 is 2.03 bits per heavy atom. The van der Waals surface area contributed by atoms with Gasteiger partial charge in [-0.2, -0.15) is 0 Å². The first-order chi connectivity index (χ1) is 14.3. The minimum absolute atomic E-state index is 0.0409. The summed E-state index contributed by atoms with van der Waals surface area (Å²) in [5.41, 5.74) is 3.20. The fourth-order valence-corrected chi connectivity index (χ4v) is 3.76. The van der Waals surface area contributed by atoms with Crippen molar-refractivity contribution in [3.63, 3.8) is 0 Å². The van der Waals surface area contributed by atoms with Crippen LogP contribution in [0.4, 0.5) is 5.69 Å². The van der Waals surface area contributed by atoms with Gasteiger partial charge in [-0.25, -0.2) is 0 Å². The van der Waals surface area contributed by atoms with E-state index in [1.807, 2.05) is 83.8 Å². The topological polar surface area (TPSA) is 41.6 Å². The molecule has 148 valence electrons. The highest BCUT2D eigenvalue weighted by Crippen LogP contribution is 2.26. The molecule has 1 heterocycles. The largest absolute Gasteiger partial charge is 0.380 e. The Labute approximate surface area is 172 Å². The number of nitrogens with one attached hydrogen (secondary N) is 1. The molecule has 4 nitrogen and oxygen atoms in total. The summed E-state index contributed by atoms with van der Waals surface area (Å²) in [5.74, 6) is 0.0409. The van der Waals surface area contributed by atoms with Crippen LogP contribution >= 0.6 is 0 Å². The molecule has 4 rings (SSSR count). The van der Waals surface area contributed by atoms with Crippen LogP contribution in [0.2, 0.25) is 0 Å². The fourth-order valence-electron chi connectivity index (χ4n) is 3.76. The Bertz CT molecular complexity index is 860. The third kappa shape index (κ3) is 5.04. The van der Waals surface area contributed by atoms with Crippen molar-refractivity contribution in [3.05, 3.63) is 102 Å². The normalized spacial score (nSPS) is 16.2. The molecule has 1 saturated heterocycles. The number of carbonyl (C=O) groups excluding carboxylic acids is 1. The molecule has 0 saturated carbocycles. The van der Waals surface area contributed by atoms with E-state index < -0.39 is 0 Å². The summed E-state index contributed by atoms with van der Waals surface area (Å²) < 4.78 is 6.13. The minimum Gasteiger partial charge on any atom is -0.380 e. The molecule has 0 spiro atoms. The second kappa shape index (κ2) is 9.39. The van der Waals surface area contributed by atoms with E-state index in [0.29, 0.717) is 6.54 Å². The molecule has 1 aliphatic heterocycles. The van der Waals surface area contributed by atoms with Gasteiger partial charge in [-0.15, -0.1) is 0 Å². The van der Waals surface area contributed by atoms with Crippen LogP contribution in [0.15, 0.2) is 91.0 Å². The number of ether oxygens (including phenoxy) is 1. The van der Waals surface area contributed by atoms with Crippen molar-refractivity contribution in [2.45, 2.75) is 18.6 Å². The molecule has 1 fully saturated rings. The second-order valence-electron chi connectivity index (χ2n) is 7.35. The third-order valence-corrected chi connectivity index (χ3v) is 5.26. The highest BCUT2D eigenvalue weighted by molar-refractivity contribution is 5.78. The molecule has 0 bridgehead atoms. The van der Waals surface area contributed by atoms with E-state index in [1.54, 1.807) is 0 Å². The van der Waals surface area contributed by atoms with Crippen LogP contribution in [-0.4, -0.2) is 36.5 Å². The van der Waals surface area contributed by atoms with Gasteiger partial charge < -0.3 is 15.0 Å².